The normalized spacial score (nSPS) is 13.2. The first kappa shape index (κ1) is 17.9. The Hall–Kier alpha value is -1.14. The number of ketones is 1. The molecule has 1 atom stereocenters. The number of ether oxygens (including phenoxy) is 1. The van der Waals surface area contributed by atoms with E-state index in [1.807, 2.05) is 13.8 Å². The van der Waals surface area contributed by atoms with Gasteiger partial charge in [-0.05, 0) is 20.8 Å². The second kappa shape index (κ2) is 8.12. The summed E-state index contributed by atoms with van der Waals surface area (Å²) >= 11 is 0. The predicted molar refractivity (Wildman–Crippen MR) is 73.0 cm³/mol. The minimum Gasteiger partial charge on any atom is -0.449 e. The summed E-state index contributed by atoms with van der Waals surface area (Å²) in [5.74, 6) is -0.907. The van der Waals surface area contributed by atoms with E-state index in [0.717, 1.165) is 0 Å². The van der Waals surface area contributed by atoms with Crippen molar-refractivity contribution in [1.82, 2.24) is 10.6 Å². The molecule has 0 aliphatic rings. The number of amides is 1. The van der Waals surface area contributed by atoms with Gasteiger partial charge in [-0.1, -0.05) is 13.8 Å². The largest absolute Gasteiger partial charge is 0.449 e. The molecule has 19 heavy (non-hydrogen) atoms. The van der Waals surface area contributed by atoms with Crippen LogP contribution in [0.2, 0.25) is 0 Å². The lowest BCUT2D eigenvalue weighted by atomic mass is 9.92. The molecule has 0 spiro atoms. The van der Waals surface area contributed by atoms with Crippen LogP contribution in [0.5, 0.6) is 0 Å². The Balaban J connectivity index is 4.50. The topological polar surface area (TPSA) is 87.7 Å². The van der Waals surface area contributed by atoms with Crippen LogP contribution in [0.15, 0.2) is 0 Å². The average Bonchev–Trinajstić information content (AvgIpc) is 2.27. The smallest absolute Gasteiger partial charge is 0.407 e. The first-order valence-corrected chi connectivity index (χ1v) is 6.59. The SMILES string of the molecule is CCNC(=O)OCC(CNC(C)C)C(=O)C(C)(C)O. The lowest BCUT2D eigenvalue weighted by Crippen LogP contribution is -2.45. The molecule has 1 amide bonds. The number of alkyl carbamates (subject to hydrolysis) is 1. The average molecular weight is 274 g/mol. The van der Waals surface area contributed by atoms with Crippen LogP contribution in [0, 0.1) is 5.92 Å². The Labute approximate surface area is 114 Å². The van der Waals surface area contributed by atoms with Gasteiger partial charge in [0.15, 0.2) is 5.78 Å². The Kier molecular flexibility index (Phi) is 7.63. The maximum atomic E-state index is 12.0. The zero-order chi connectivity index (χ0) is 15.1. The summed E-state index contributed by atoms with van der Waals surface area (Å²) in [5, 5.41) is 15.4. The van der Waals surface area contributed by atoms with Gasteiger partial charge in [0.2, 0.25) is 0 Å². The molecule has 0 radical (unpaired) electrons. The van der Waals surface area contributed by atoms with E-state index in [4.69, 9.17) is 4.74 Å². The van der Waals surface area contributed by atoms with Gasteiger partial charge in [-0.3, -0.25) is 4.79 Å². The van der Waals surface area contributed by atoms with E-state index >= 15 is 0 Å². The molecule has 0 aromatic heterocycles. The van der Waals surface area contributed by atoms with Gasteiger partial charge in [0.1, 0.15) is 12.2 Å². The molecule has 112 valence electrons. The molecule has 0 aliphatic carbocycles. The van der Waals surface area contributed by atoms with Crippen LogP contribution in [-0.2, 0) is 9.53 Å². The molecule has 6 heteroatoms. The fraction of sp³-hybridized carbons (Fsp3) is 0.846. The lowest BCUT2D eigenvalue weighted by molar-refractivity contribution is -0.139. The Morgan fingerprint density at radius 3 is 2.32 bits per heavy atom. The number of hydrogen-bond acceptors (Lipinski definition) is 5. The van der Waals surface area contributed by atoms with Crippen molar-refractivity contribution >= 4 is 11.9 Å². The quantitative estimate of drug-likeness (QED) is 0.606. The molecule has 0 aromatic carbocycles. The Morgan fingerprint density at radius 1 is 1.32 bits per heavy atom. The van der Waals surface area contributed by atoms with E-state index in [2.05, 4.69) is 10.6 Å². The number of aliphatic hydroxyl groups is 1. The van der Waals surface area contributed by atoms with Crippen molar-refractivity contribution in [1.29, 1.82) is 0 Å². The number of carbonyl (C=O) groups excluding carboxylic acids is 2. The lowest BCUT2D eigenvalue weighted by Gasteiger charge is -2.24. The molecule has 3 N–H and O–H groups in total. The number of Topliss-reactive ketones (excluding diaryl/α,β-unsaturated/α-hetero) is 1. The molecule has 0 saturated heterocycles. The van der Waals surface area contributed by atoms with Crippen LogP contribution in [0.25, 0.3) is 0 Å². The Morgan fingerprint density at radius 2 is 1.89 bits per heavy atom. The van der Waals surface area contributed by atoms with Crippen LogP contribution in [0.1, 0.15) is 34.6 Å². The molecule has 0 saturated carbocycles. The van der Waals surface area contributed by atoms with Crippen molar-refractivity contribution in [3.8, 4) is 0 Å². The van der Waals surface area contributed by atoms with E-state index in [1.165, 1.54) is 13.8 Å². The fourth-order valence-corrected chi connectivity index (χ4v) is 1.48. The van der Waals surface area contributed by atoms with E-state index < -0.39 is 17.6 Å². The molecule has 6 nitrogen and oxygen atoms in total. The van der Waals surface area contributed by atoms with Gasteiger partial charge < -0.3 is 20.5 Å². The molecule has 0 fully saturated rings. The van der Waals surface area contributed by atoms with E-state index in [-0.39, 0.29) is 18.4 Å². The van der Waals surface area contributed by atoms with E-state index in [0.29, 0.717) is 13.1 Å². The molecular weight excluding hydrogens is 248 g/mol. The molecule has 1 unspecified atom stereocenters. The van der Waals surface area contributed by atoms with Gasteiger partial charge in [-0.25, -0.2) is 4.79 Å². The highest BCUT2D eigenvalue weighted by Crippen LogP contribution is 2.12. The number of carbonyl (C=O) groups is 2. The number of hydrogen-bond donors (Lipinski definition) is 3. The minimum atomic E-state index is -1.44. The summed E-state index contributed by atoms with van der Waals surface area (Å²) in [6, 6.07) is 0.210. The zero-order valence-electron chi connectivity index (χ0n) is 12.4. The van der Waals surface area contributed by atoms with Crippen LogP contribution in [-0.4, -0.2) is 48.3 Å². The Bertz CT molecular complexity index is 298. The van der Waals surface area contributed by atoms with Crippen LogP contribution in [0.3, 0.4) is 0 Å². The first-order valence-electron chi connectivity index (χ1n) is 6.59. The van der Waals surface area contributed by atoms with Crippen molar-refractivity contribution in [2.24, 2.45) is 5.92 Å². The van der Waals surface area contributed by atoms with Crippen LogP contribution >= 0.6 is 0 Å². The highest BCUT2D eigenvalue weighted by molar-refractivity contribution is 5.88. The fourth-order valence-electron chi connectivity index (χ4n) is 1.48. The third-order valence-electron chi connectivity index (χ3n) is 2.48. The summed E-state index contributed by atoms with van der Waals surface area (Å²) in [6.07, 6.45) is -0.555. The number of rotatable bonds is 8. The van der Waals surface area contributed by atoms with Gasteiger partial charge >= 0.3 is 6.09 Å². The van der Waals surface area contributed by atoms with Gasteiger partial charge in [-0.2, -0.15) is 0 Å². The van der Waals surface area contributed by atoms with Crippen molar-refractivity contribution < 1.29 is 19.4 Å². The summed E-state index contributed by atoms with van der Waals surface area (Å²) < 4.78 is 4.97. The summed E-state index contributed by atoms with van der Waals surface area (Å²) in [5.41, 5.74) is -1.44. The minimum absolute atomic E-state index is 0.0472. The van der Waals surface area contributed by atoms with Crippen LogP contribution < -0.4 is 10.6 Å². The molecule has 0 heterocycles. The highest BCUT2D eigenvalue weighted by Gasteiger charge is 2.32. The van der Waals surface area contributed by atoms with Gasteiger partial charge in [0.05, 0.1) is 5.92 Å². The van der Waals surface area contributed by atoms with Crippen molar-refractivity contribution in [2.75, 3.05) is 19.7 Å². The molecular formula is C13H26N2O4. The molecule has 0 rings (SSSR count). The summed E-state index contributed by atoms with van der Waals surface area (Å²) in [6.45, 7) is 9.34. The second-order valence-electron chi connectivity index (χ2n) is 5.31. The van der Waals surface area contributed by atoms with Gasteiger partial charge in [-0.15, -0.1) is 0 Å². The third-order valence-corrected chi connectivity index (χ3v) is 2.48. The number of nitrogens with one attached hydrogen (secondary N) is 2. The van der Waals surface area contributed by atoms with Crippen molar-refractivity contribution in [3.63, 3.8) is 0 Å². The molecule has 0 aliphatic heterocycles. The van der Waals surface area contributed by atoms with Crippen molar-refractivity contribution in [3.05, 3.63) is 0 Å². The molecule has 0 aromatic rings. The monoisotopic (exact) mass is 274 g/mol. The molecule has 0 bridgehead atoms. The maximum absolute atomic E-state index is 12.0. The van der Waals surface area contributed by atoms with Crippen molar-refractivity contribution in [2.45, 2.75) is 46.3 Å². The van der Waals surface area contributed by atoms with E-state index in [9.17, 15) is 14.7 Å². The van der Waals surface area contributed by atoms with Crippen LogP contribution in [0.4, 0.5) is 4.79 Å². The first-order chi connectivity index (χ1) is 8.68. The predicted octanol–water partition coefficient (Wildman–Crippen LogP) is 0.687. The summed E-state index contributed by atoms with van der Waals surface area (Å²) in [7, 11) is 0. The van der Waals surface area contributed by atoms with Gasteiger partial charge in [0, 0.05) is 19.1 Å². The zero-order valence-corrected chi connectivity index (χ0v) is 12.4. The summed E-state index contributed by atoms with van der Waals surface area (Å²) in [4.78, 5) is 23.3. The maximum Gasteiger partial charge on any atom is 0.407 e. The second-order valence-corrected chi connectivity index (χ2v) is 5.31. The van der Waals surface area contributed by atoms with Gasteiger partial charge in [0.25, 0.3) is 0 Å². The van der Waals surface area contributed by atoms with E-state index in [1.54, 1.807) is 6.92 Å². The standard InChI is InChI=1S/C13H26N2O4/c1-6-14-12(17)19-8-10(7-15-9(2)3)11(16)13(4,5)18/h9-10,15,18H,6-8H2,1-5H3,(H,14,17). The third kappa shape index (κ3) is 7.79. The highest BCUT2D eigenvalue weighted by atomic mass is 16.5.